The molecule has 0 N–H and O–H groups in total. The van der Waals surface area contributed by atoms with E-state index in [9.17, 15) is 14.4 Å². The van der Waals surface area contributed by atoms with Crippen LogP contribution >= 0.6 is 23.2 Å². The molecule has 0 saturated carbocycles. The monoisotopic (exact) mass is 496 g/mol. The molecule has 172 valence electrons. The van der Waals surface area contributed by atoms with Gasteiger partial charge in [-0.3, -0.25) is 14.4 Å². The normalized spacial score (nSPS) is 21.7. The van der Waals surface area contributed by atoms with Crippen LogP contribution in [-0.4, -0.2) is 31.0 Å². The second kappa shape index (κ2) is 8.76. The molecule has 9 heteroatoms. The van der Waals surface area contributed by atoms with Crippen molar-refractivity contribution in [1.82, 2.24) is 0 Å². The van der Waals surface area contributed by atoms with Crippen LogP contribution in [0.3, 0.4) is 0 Å². The minimum atomic E-state index is -1.02. The Hall–Kier alpha value is -3.39. The van der Waals surface area contributed by atoms with Crippen molar-refractivity contribution < 1.29 is 24.0 Å². The fraction of sp³-hybridized carbons (Fsp3) is 0.160. The first-order chi connectivity index (χ1) is 16.4. The number of amides is 2. The van der Waals surface area contributed by atoms with Crippen LogP contribution in [0.1, 0.15) is 22.0 Å². The number of hydrogen-bond acceptors (Lipinski definition) is 6. The van der Waals surface area contributed by atoms with E-state index in [2.05, 4.69) is 0 Å². The molecule has 0 radical (unpaired) electrons. The van der Waals surface area contributed by atoms with Gasteiger partial charge in [0.1, 0.15) is 5.92 Å². The van der Waals surface area contributed by atoms with Crippen LogP contribution in [0.15, 0.2) is 72.8 Å². The number of methoxy groups -OCH3 is 1. The number of esters is 1. The second-order valence-electron chi connectivity index (χ2n) is 7.88. The SMILES string of the molecule is COC(=O)c1ccc([C@H]2[C@@H]3C(=O)N(c4ccc(Cl)c(Cl)c4)C(=O)[C@H]3ON2c2ccccc2)cc1. The molecule has 5 rings (SSSR count). The summed E-state index contributed by atoms with van der Waals surface area (Å²) in [5, 5.41) is 2.14. The van der Waals surface area contributed by atoms with Crippen LogP contribution in [0.4, 0.5) is 11.4 Å². The number of fused-ring (bicyclic) bond motifs is 1. The van der Waals surface area contributed by atoms with Gasteiger partial charge in [0.05, 0.1) is 40.1 Å². The Morgan fingerprint density at radius 3 is 2.24 bits per heavy atom. The van der Waals surface area contributed by atoms with E-state index in [1.54, 1.807) is 35.4 Å². The summed E-state index contributed by atoms with van der Waals surface area (Å²) in [6.07, 6.45) is -1.02. The van der Waals surface area contributed by atoms with E-state index >= 15 is 0 Å². The van der Waals surface area contributed by atoms with E-state index in [1.165, 1.54) is 19.2 Å². The molecule has 7 nitrogen and oxygen atoms in total. The van der Waals surface area contributed by atoms with Gasteiger partial charge in [-0.2, -0.15) is 0 Å². The van der Waals surface area contributed by atoms with Crippen LogP contribution in [0.25, 0.3) is 0 Å². The number of hydroxylamine groups is 1. The number of anilines is 2. The first-order valence-corrected chi connectivity index (χ1v) is 11.2. The van der Waals surface area contributed by atoms with Gasteiger partial charge in [-0.25, -0.2) is 14.8 Å². The third-order valence-electron chi connectivity index (χ3n) is 5.96. The topological polar surface area (TPSA) is 76.2 Å². The van der Waals surface area contributed by atoms with Gasteiger partial charge in [-0.05, 0) is 48.0 Å². The maximum absolute atomic E-state index is 13.6. The first-order valence-electron chi connectivity index (χ1n) is 10.4. The molecule has 3 aromatic rings. The molecule has 0 bridgehead atoms. The molecule has 3 aromatic carbocycles. The summed E-state index contributed by atoms with van der Waals surface area (Å²) in [7, 11) is 1.31. The number of nitrogens with zero attached hydrogens (tertiary/aromatic N) is 2. The molecule has 2 fully saturated rings. The molecule has 2 amide bonds. The van der Waals surface area contributed by atoms with Gasteiger partial charge in [0.25, 0.3) is 5.91 Å². The van der Waals surface area contributed by atoms with Crippen molar-refractivity contribution >= 4 is 52.4 Å². The smallest absolute Gasteiger partial charge is 0.337 e. The van der Waals surface area contributed by atoms with Crippen LogP contribution < -0.4 is 9.96 Å². The number of carbonyl (C=O) groups is 3. The number of rotatable bonds is 4. The highest BCUT2D eigenvalue weighted by Gasteiger charge is 2.60. The fourth-order valence-corrected chi connectivity index (χ4v) is 4.66. The highest BCUT2D eigenvalue weighted by Crippen LogP contribution is 2.47. The molecular formula is C25H18Cl2N2O5. The van der Waals surface area contributed by atoms with Crippen LogP contribution in [0, 0.1) is 5.92 Å². The van der Waals surface area contributed by atoms with Crippen molar-refractivity contribution in [3.05, 3.63) is 94.0 Å². The summed E-state index contributed by atoms with van der Waals surface area (Å²) in [6, 6.07) is 19.9. The minimum Gasteiger partial charge on any atom is -0.465 e. The van der Waals surface area contributed by atoms with Crippen molar-refractivity contribution in [3.63, 3.8) is 0 Å². The van der Waals surface area contributed by atoms with Crippen molar-refractivity contribution in [2.75, 3.05) is 17.1 Å². The average molecular weight is 497 g/mol. The molecule has 2 aliphatic heterocycles. The molecule has 0 aromatic heterocycles. The highest BCUT2D eigenvalue weighted by molar-refractivity contribution is 6.42. The largest absolute Gasteiger partial charge is 0.465 e. The summed E-state index contributed by atoms with van der Waals surface area (Å²) in [5.74, 6) is -2.17. The van der Waals surface area contributed by atoms with E-state index in [0.29, 0.717) is 27.5 Å². The summed E-state index contributed by atoms with van der Waals surface area (Å²) >= 11 is 12.1. The van der Waals surface area contributed by atoms with Crippen LogP contribution in [-0.2, 0) is 19.2 Å². The zero-order valence-electron chi connectivity index (χ0n) is 17.9. The number of benzene rings is 3. The molecule has 34 heavy (non-hydrogen) atoms. The zero-order valence-corrected chi connectivity index (χ0v) is 19.4. The molecule has 3 atom stereocenters. The van der Waals surface area contributed by atoms with Gasteiger partial charge in [-0.1, -0.05) is 53.5 Å². The molecular weight excluding hydrogens is 479 g/mol. The molecule has 0 unspecified atom stereocenters. The molecule has 0 spiro atoms. The highest BCUT2D eigenvalue weighted by atomic mass is 35.5. The van der Waals surface area contributed by atoms with Crippen molar-refractivity contribution in [2.45, 2.75) is 12.1 Å². The lowest BCUT2D eigenvalue weighted by molar-refractivity contribution is -0.126. The predicted octanol–water partition coefficient (Wildman–Crippen LogP) is 4.83. The summed E-state index contributed by atoms with van der Waals surface area (Å²) in [4.78, 5) is 46.0. The van der Waals surface area contributed by atoms with Gasteiger partial charge in [0.2, 0.25) is 5.91 Å². The van der Waals surface area contributed by atoms with E-state index in [4.69, 9.17) is 32.8 Å². The Labute approximate surface area is 205 Å². The second-order valence-corrected chi connectivity index (χ2v) is 8.70. The van der Waals surface area contributed by atoms with E-state index in [-0.39, 0.29) is 5.02 Å². The summed E-state index contributed by atoms with van der Waals surface area (Å²) in [5.41, 5.74) is 2.11. The molecule has 2 heterocycles. The number of imide groups is 1. The Morgan fingerprint density at radius 1 is 0.882 bits per heavy atom. The van der Waals surface area contributed by atoms with Gasteiger partial charge >= 0.3 is 5.97 Å². The summed E-state index contributed by atoms with van der Waals surface area (Å²) in [6.45, 7) is 0. The molecule has 2 saturated heterocycles. The molecule has 2 aliphatic rings. The lowest BCUT2D eigenvalue weighted by atomic mass is 9.90. The third kappa shape index (κ3) is 3.62. The Morgan fingerprint density at radius 2 is 1.59 bits per heavy atom. The predicted molar refractivity (Wildman–Crippen MR) is 127 cm³/mol. The van der Waals surface area contributed by atoms with Gasteiger partial charge in [0, 0.05) is 0 Å². The van der Waals surface area contributed by atoms with Gasteiger partial charge < -0.3 is 4.74 Å². The molecule has 0 aliphatic carbocycles. The maximum atomic E-state index is 13.6. The number of para-hydroxylation sites is 1. The van der Waals surface area contributed by atoms with E-state index in [0.717, 1.165) is 4.90 Å². The van der Waals surface area contributed by atoms with Crippen LogP contribution in [0.5, 0.6) is 0 Å². The van der Waals surface area contributed by atoms with E-state index in [1.807, 2.05) is 30.3 Å². The lowest BCUT2D eigenvalue weighted by Gasteiger charge is -2.29. The lowest BCUT2D eigenvalue weighted by Crippen LogP contribution is -2.37. The Bertz CT molecular complexity index is 1280. The average Bonchev–Trinajstić information content (AvgIpc) is 3.37. The number of carbonyl (C=O) groups excluding carboxylic acids is 3. The Balaban J connectivity index is 1.56. The zero-order chi connectivity index (χ0) is 24.0. The number of halogens is 2. The van der Waals surface area contributed by atoms with Crippen molar-refractivity contribution in [3.8, 4) is 0 Å². The minimum absolute atomic E-state index is 0.235. The van der Waals surface area contributed by atoms with E-state index < -0.39 is 35.8 Å². The first kappa shape index (κ1) is 22.4. The standard InChI is InChI=1S/C25H18Cl2N2O5/c1-33-25(32)15-9-7-14(8-10-15)21-20-22(34-29(21)16-5-3-2-4-6-16)24(31)28(23(20)30)17-11-12-18(26)19(27)13-17/h2-13,20-22H,1H3/t20-,21-,22-/m0/s1. The number of hydrogen-bond donors (Lipinski definition) is 0. The fourth-order valence-electron chi connectivity index (χ4n) is 4.37. The van der Waals surface area contributed by atoms with Crippen molar-refractivity contribution in [1.29, 1.82) is 0 Å². The third-order valence-corrected chi connectivity index (χ3v) is 6.70. The summed E-state index contributed by atoms with van der Waals surface area (Å²) < 4.78 is 4.77. The van der Waals surface area contributed by atoms with Gasteiger partial charge in [0.15, 0.2) is 6.10 Å². The quantitative estimate of drug-likeness (QED) is 0.380. The van der Waals surface area contributed by atoms with Gasteiger partial charge in [-0.15, -0.1) is 0 Å². The Kier molecular flexibility index (Phi) is 5.77. The number of ether oxygens (including phenoxy) is 1. The van der Waals surface area contributed by atoms with Crippen molar-refractivity contribution in [2.24, 2.45) is 5.92 Å². The maximum Gasteiger partial charge on any atom is 0.337 e. The van der Waals surface area contributed by atoms with Crippen LogP contribution in [0.2, 0.25) is 10.0 Å².